The third-order valence-corrected chi connectivity index (χ3v) is 2.48. The molecule has 0 bridgehead atoms. The fourth-order valence-electron chi connectivity index (χ4n) is 1.49. The van der Waals surface area contributed by atoms with E-state index in [1.54, 1.807) is 6.92 Å². The van der Waals surface area contributed by atoms with Crippen molar-refractivity contribution >= 4 is 5.97 Å². The van der Waals surface area contributed by atoms with Crippen LogP contribution in [0.2, 0.25) is 0 Å². The number of carbonyl (C=O) groups excluding carboxylic acids is 1. The molecule has 18 heavy (non-hydrogen) atoms. The first-order valence-corrected chi connectivity index (χ1v) is 6.11. The first-order chi connectivity index (χ1) is 7.91. The molecule has 0 heterocycles. The normalized spacial score (nSPS) is 13.0. The average Bonchev–Trinajstić information content (AvgIpc) is 2.15. The summed E-state index contributed by atoms with van der Waals surface area (Å²) < 4.78 is 0. The molecule has 1 atom stereocenters. The van der Waals surface area contributed by atoms with Crippen molar-refractivity contribution in [3.63, 3.8) is 0 Å². The SMILES string of the molecule is CC(C)=CCCC(C)CC=CC(C)=CC(=O)[O-].[K+]. The molecule has 0 aromatic heterocycles. The maximum absolute atomic E-state index is 10.3. The van der Waals surface area contributed by atoms with Crippen molar-refractivity contribution in [2.75, 3.05) is 0 Å². The summed E-state index contributed by atoms with van der Waals surface area (Å²) in [5, 5.41) is 10.3. The molecule has 0 N–H and O–H groups in total. The molecule has 0 spiro atoms. The van der Waals surface area contributed by atoms with Gasteiger partial charge >= 0.3 is 51.4 Å². The molecule has 0 rings (SSSR count). The Morgan fingerprint density at radius 1 is 1.28 bits per heavy atom. The largest absolute Gasteiger partial charge is 1.00 e. The molecule has 3 heteroatoms. The van der Waals surface area contributed by atoms with Crippen molar-refractivity contribution in [1.82, 2.24) is 0 Å². The van der Waals surface area contributed by atoms with Crippen molar-refractivity contribution < 1.29 is 61.3 Å². The van der Waals surface area contributed by atoms with Crippen LogP contribution in [0.25, 0.3) is 0 Å². The molecular formula is C15H23KO2. The molecule has 0 saturated carbocycles. The van der Waals surface area contributed by atoms with E-state index in [9.17, 15) is 9.90 Å². The molecule has 0 radical (unpaired) electrons. The molecule has 1 unspecified atom stereocenters. The Morgan fingerprint density at radius 2 is 1.89 bits per heavy atom. The van der Waals surface area contributed by atoms with Crippen LogP contribution in [-0.2, 0) is 4.79 Å². The van der Waals surface area contributed by atoms with Gasteiger partial charge in [-0.05, 0) is 57.6 Å². The van der Waals surface area contributed by atoms with Gasteiger partial charge in [-0.25, -0.2) is 0 Å². The van der Waals surface area contributed by atoms with Gasteiger partial charge in [-0.1, -0.05) is 30.7 Å². The zero-order valence-corrected chi connectivity index (χ0v) is 15.4. The maximum Gasteiger partial charge on any atom is 1.00 e. The van der Waals surface area contributed by atoms with E-state index in [0.717, 1.165) is 24.5 Å². The Morgan fingerprint density at radius 3 is 2.39 bits per heavy atom. The van der Waals surface area contributed by atoms with Crippen LogP contribution in [-0.4, -0.2) is 5.97 Å². The van der Waals surface area contributed by atoms with Crippen molar-refractivity contribution in [2.45, 2.75) is 47.0 Å². The minimum absolute atomic E-state index is 0. The Hall–Kier alpha value is 0.326. The Kier molecular flexibility index (Phi) is 14.2. The predicted octanol–water partition coefficient (Wildman–Crippen LogP) is 0.0154. The van der Waals surface area contributed by atoms with Gasteiger partial charge in [0.2, 0.25) is 0 Å². The van der Waals surface area contributed by atoms with Crippen molar-refractivity contribution in [3.8, 4) is 0 Å². The first-order valence-electron chi connectivity index (χ1n) is 6.11. The average molecular weight is 274 g/mol. The second kappa shape index (κ2) is 12.4. The fraction of sp³-hybridized carbons (Fsp3) is 0.533. The zero-order chi connectivity index (χ0) is 13.3. The summed E-state index contributed by atoms with van der Waals surface area (Å²) >= 11 is 0. The van der Waals surface area contributed by atoms with Gasteiger partial charge in [0.05, 0.1) is 5.97 Å². The molecule has 0 saturated heterocycles. The standard InChI is InChI=1S/C15H24O2.K/c1-12(2)7-5-8-13(3)9-6-10-14(4)11-15(16)17;/h6-7,10-11,13H,5,8-9H2,1-4H3,(H,16,17);/q;+1/p-1. The summed E-state index contributed by atoms with van der Waals surface area (Å²) in [6.07, 6.45) is 10.5. The number of carbonyl (C=O) groups is 1. The number of carboxylic acids is 1. The van der Waals surface area contributed by atoms with Gasteiger partial charge in [0.1, 0.15) is 0 Å². The first kappa shape index (κ1) is 20.6. The van der Waals surface area contributed by atoms with Crippen LogP contribution in [0.4, 0.5) is 0 Å². The minimum atomic E-state index is -1.14. The van der Waals surface area contributed by atoms with Crippen molar-refractivity contribution in [1.29, 1.82) is 0 Å². The summed E-state index contributed by atoms with van der Waals surface area (Å²) in [5.74, 6) is -0.513. The van der Waals surface area contributed by atoms with Gasteiger partial charge in [0.25, 0.3) is 0 Å². The summed E-state index contributed by atoms with van der Waals surface area (Å²) in [6.45, 7) is 8.19. The minimum Gasteiger partial charge on any atom is -0.545 e. The molecule has 2 nitrogen and oxygen atoms in total. The van der Waals surface area contributed by atoms with Crippen LogP contribution in [0, 0.1) is 5.92 Å². The Balaban J connectivity index is 0. The molecule has 0 amide bonds. The van der Waals surface area contributed by atoms with E-state index in [1.165, 1.54) is 12.0 Å². The second-order valence-electron chi connectivity index (χ2n) is 4.81. The van der Waals surface area contributed by atoms with Crippen molar-refractivity contribution in [2.24, 2.45) is 5.92 Å². The number of hydrogen-bond acceptors (Lipinski definition) is 2. The smallest absolute Gasteiger partial charge is 0.545 e. The zero-order valence-electron chi connectivity index (χ0n) is 12.3. The van der Waals surface area contributed by atoms with Crippen LogP contribution in [0.5, 0.6) is 0 Å². The summed E-state index contributed by atoms with van der Waals surface area (Å²) in [5.41, 5.74) is 2.09. The van der Waals surface area contributed by atoms with E-state index < -0.39 is 5.97 Å². The van der Waals surface area contributed by atoms with E-state index in [2.05, 4.69) is 26.8 Å². The third-order valence-electron chi connectivity index (χ3n) is 2.48. The second-order valence-corrected chi connectivity index (χ2v) is 4.81. The van der Waals surface area contributed by atoms with Gasteiger partial charge in [-0.15, -0.1) is 0 Å². The van der Waals surface area contributed by atoms with Crippen LogP contribution in [0.1, 0.15) is 47.0 Å². The maximum atomic E-state index is 10.3. The monoisotopic (exact) mass is 274 g/mol. The molecule has 0 fully saturated rings. The number of hydrogen-bond donors (Lipinski definition) is 0. The summed E-state index contributed by atoms with van der Waals surface area (Å²) in [6, 6.07) is 0. The van der Waals surface area contributed by atoms with Crippen LogP contribution < -0.4 is 56.5 Å². The molecule has 0 aromatic carbocycles. The third kappa shape index (κ3) is 14.4. The number of allylic oxidation sites excluding steroid dienone is 5. The van der Waals surface area contributed by atoms with E-state index >= 15 is 0 Å². The van der Waals surface area contributed by atoms with Gasteiger partial charge in [-0.2, -0.15) is 0 Å². The molecule has 0 aliphatic rings. The van der Waals surface area contributed by atoms with Crippen LogP contribution >= 0.6 is 0 Å². The van der Waals surface area contributed by atoms with Gasteiger partial charge in [-0.3, -0.25) is 0 Å². The molecular weight excluding hydrogens is 251 g/mol. The Labute approximate surface area is 154 Å². The quantitative estimate of drug-likeness (QED) is 0.284. The van der Waals surface area contributed by atoms with E-state index in [1.807, 2.05) is 12.2 Å². The molecule has 0 aliphatic heterocycles. The van der Waals surface area contributed by atoms with Gasteiger partial charge in [0, 0.05) is 0 Å². The molecule has 96 valence electrons. The molecule has 0 aromatic rings. The van der Waals surface area contributed by atoms with Gasteiger partial charge in [0.15, 0.2) is 0 Å². The van der Waals surface area contributed by atoms with E-state index in [-0.39, 0.29) is 51.4 Å². The van der Waals surface area contributed by atoms with Crippen LogP contribution in [0.3, 0.4) is 0 Å². The van der Waals surface area contributed by atoms with Crippen molar-refractivity contribution in [3.05, 3.63) is 35.5 Å². The Bertz CT molecular complexity index is 323. The number of aliphatic carboxylic acids is 1. The number of rotatable bonds is 7. The molecule has 0 aliphatic carbocycles. The van der Waals surface area contributed by atoms with Gasteiger partial charge < -0.3 is 9.90 Å². The topological polar surface area (TPSA) is 40.1 Å². The van der Waals surface area contributed by atoms with E-state index in [0.29, 0.717) is 5.92 Å². The summed E-state index contributed by atoms with van der Waals surface area (Å²) in [4.78, 5) is 10.3. The van der Waals surface area contributed by atoms with Crippen LogP contribution in [0.15, 0.2) is 35.5 Å². The number of carboxylic acid groups (broad SMARTS) is 1. The fourth-order valence-corrected chi connectivity index (χ4v) is 1.49. The predicted molar refractivity (Wildman–Crippen MR) is 70.4 cm³/mol. The summed E-state index contributed by atoms with van der Waals surface area (Å²) in [7, 11) is 0. The van der Waals surface area contributed by atoms with E-state index in [4.69, 9.17) is 0 Å².